The van der Waals surface area contributed by atoms with Gasteiger partial charge >= 0.3 is 0 Å². The minimum atomic E-state index is -0.977. The molecule has 2 aromatic rings. The van der Waals surface area contributed by atoms with Crippen molar-refractivity contribution in [3.8, 4) is 5.75 Å². The van der Waals surface area contributed by atoms with E-state index in [4.69, 9.17) is 4.74 Å². The summed E-state index contributed by atoms with van der Waals surface area (Å²) in [6.45, 7) is 2.90. The van der Waals surface area contributed by atoms with Gasteiger partial charge in [0.15, 0.2) is 12.1 Å². The number of rotatable bonds is 8. The average Bonchev–Trinajstić information content (AvgIpc) is 2.94. The molecule has 0 radical (unpaired) electrons. The van der Waals surface area contributed by atoms with E-state index in [-0.39, 0.29) is 18.1 Å². The molecular weight excluding hydrogens is 426 g/mol. The number of hydrogen-bond acceptors (Lipinski definition) is 6. The van der Waals surface area contributed by atoms with Gasteiger partial charge in [-0.2, -0.15) is 4.39 Å². The van der Waals surface area contributed by atoms with Gasteiger partial charge in [0.2, 0.25) is 0 Å². The molecule has 1 aliphatic heterocycles. The smallest absolute Gasteiger partial charge is 0.197 e. The van der Waals surface area contributed by atoms with Gasteiger partial charge in [0.05, 0.1) is 15.5 Å². The zero-order valence-corrected chi connectivity index (χ0v) is 18.5. The molecule has 0 spiro atoms. The number of thioether (sulfide) groups is 1. The molecule has 0 aliphatic carbocycles. The number of hydrogen-bond donors (Lipinski definition) is 1. The molecule has 0 bridgehead atoms. The van der Waals surface area contributed by atoms with Crippen LogP contribution in [0.15, 0.2) is 58.3 Å². The number of nitrogens with one attached hydrogen (secondary N) is 1. The van der Waals surface area contributed by atoms with Gasteiger partial charge < -0.3 is 9.64 Å². The van der Waals surface area contributed by atoms with Crippen LogP contribution < -0.4 is 14.4 Å². The number of aldehydes is 1. The van der Waals surface area contributed by atoms with Gasteiger partial charge in [0.25, 0.3) is 0 Å². The Bertz CT molecular complexity index is 907. The second-order valence-corrected chi connectivity index (χ2v) is 8.58. The van der Waals surface area contributed by atoms with Crippen molar-refractivity contribution in [2.24, 2.45) is 0 Å². The quantitative estimate of drug-likeness (QED) is 0.169. The maximum atomic E-state index is 13.5. The highest BCUT2D eigenvalue weighted by atomic mass is 32.2. The number of carbonyl (C=O) groups is 1. The fourth-order valence-electron chi connectivity index (χ4n) is 3.19. The lowest BCUT2D eigenvalue weighted by Gasteiger charge is -2.28. The Labute approximate surface area is 184 Å². The molecule has 0 saturated heterocycles. The Morgan fingerprint density at radius 1 is 1.37 bits per heavy atom. The Morgan fingerprint density at radius 3 is 2.80 bits per heavy atom. The van der Waals surface area contributed by atoms with Crippen molar-refractivity contribution in [2.75, 3.05) is 17.7 Å². The van der Waals surface area contributed by atoms with E-state index in [1.165, 1.54) is 35.8 Å². The Balaban J connectivity index is 2.03. The molecule has 2 aromatic carbocycles. The lowest BCUT2D eigenvalue weighted by atomic mass is 10.1. The van der Waals surface area contributed by atoms with Crippen LogP contribution in [0.1, 0.15) is 26.2 Å². The first-order chi connectivity index (χ1) is 14.5. The largest absolute Gasteiger partial charge is 0.461 e. The van der Waals surface area contributed by atoms with Crippen LogP contribution in [0.3, 0.4) is 0 Å². The molecule has 0 fully saturated rings. The van der Waals surface area contributed by atoms with Crippen molar-refractivity contribution >= 4 is 41.4 Å². The molecule has 1 unspecified atom stereocenters. The van der Waals surface area contributed by atoms with Crippen LogP contribution in [0, 0.1) is 5.82 Å². The molecule has 1 heterocycles. The summed E-state index contributed by atoms with van der Waals surface area (Å²) < 4.78 is 35.7. The number of ether oxygens (including phenoxy) is 1. The van der Waals surface area contributed by atoms with E-state index < -0.39 is 5.83 Å². The van der Waals surface area contributed by atoms with Gasteiger partial charge in [-0.05, 0) is 61.0 Å². The highest BCUT2D eigenvalue weighted by molar-refractivity contribution is 7.98. The molecule has 30 heavy (non-hydrogen) atoms. The van der Waals surface area contributed by atoms with Gasteiger partial charge in [-0.15, -0.1) is 11.8 Å². The van der Waals surface area contributed by atoms with E-state index in [1.807, 2.05) is 18.4 Å². The maximum absolute atomic E-state index is 13.5. The van der Waals surface area contributed by atoms with E-state index in [1.54, 1.807) is 12.1 Å². The minimum Gasteiger partial charge on any atom is -0.461 e. The predicted octanol–water partition coefficient (Wildman–Crippen LogP) is 6.24. The van der Waals surface area contributed by atoms with Crippen LogP contribution in [-0.4, -0.2) is 25.1 Å². The lowest BCUT2D eigenvalue weighted by molar-refractivity contribution is -0.106. The molecule has 1 atom stereocenters. The number of fused-ring (bicyclic) bond motifs is 1. The summed E-state index contributed by atoms with van der Waals surface area (Å²) in [6.07, 6.45) is 6.05. The van der Waals surface area contributed by atoms with E-state index >= 15 is 0 Å². The fourth-order valence-corrected chi connectivity index (χ4v) is 4.65. The van der Waals surface area contributed by atoms with Crippen molar-refractivity contribution in [3.63, 3.8) is 0 Å². The molecule has 3 rings (SSSR count). The van der Waals surface area contributed by atoms with Crippen molar-refractivity contribution in [1.82, 2.24) is 4.72 Å². The van der Waals surface area contributed by atoms with Gasteiger partial charge in [-0.25, -0.2) is 4.39 Å². The predicted molar refractivity (Wildman–Crippen MR) is 120 cm³/mol. The highest BCUT2D eigenvalue weighted by Gasteiger charge is 2.25. The van der Waals surface area contributed by atoms with E-state index in [2.05, 4.69) is 16.5 Å². The van der Waals surface area contributed by atoms with E-state index in [9.17, 15) is 13.6 Å². The summed E-state index contributed by atoms with van der Waals surface area (Å²) in [7, 11) is 0. The number of unbranched alkanes of at least 4 members (excludes halogenated alkanes) is 1. The maximum Gasteiger partial charge on any atom is 0.197 e. The molecular formula is C22H24F2N2O2S2. The van der Waals surface area contributed by atoms with Gasteiger partial charge in [0, 0.05) is 18.3 Å². The number of benzene rings is 2. The number of anilines is 2. The summed E-state index contributed by atoms with van der Waals surface area (Å²) in [5, 5.41) is 0. The average molecular weight is 451 g/mol. The second-order valence-electron chi connectivity index (χ2n) is 6.86. The zero-order chi connectivity index (χ0) is 21.5. The first kappa shape index (κ1) is 22.7. The van der Waals surface area contributed by atoms with Crippen molar-refractivity contribution in [1.29, 1.82) is 0 Å². The van der Waals surface area contributed by atoms with Crippen molar-refractivity contribution < 1.29 is 18.3 Å². The third kappa shape index (κ3) is 5.56. The molecule has 0 amide bonds. The van der Waals surface area contributed by atoms with Crippen LogP contribution in [0.25, 0.3) is 0 Å². The molecule has 160 valence electrons. The topological polar surface area (TPSA) is 41.6 Å². The normalized spacial score (nSPS) is 16.7. The SMILES string of the molecule is CCCCC1CN(c2ccc(F)cc2)c2cc(SC)c(O/C=C(\F)C=O)cc2SN1. The van der Waals surface area contributed by atoms with Gasteiger partial charge in [0.1, 0.15) is 17.8 Å². The summed E-state index contributed by atoms with van der Waals surface area (Å²) in [4.78, 5) is 14.4. The minimum absolute atomic E-state index is 0.104. The molecule has 1 aliphatic rings. The number of halogens is 2. The Hall–Kier alpha value is -2.03. The second kappa shape index (κ2) is 10.8. The third-order valence-corrected chi connectivity index (χ3v) is 6.49. The van der Waals surface area contributed by atoms with Gasteiger partial charge in [-0.1, -0.05) is 19.8 Å². The van der Waals surface area contributed by atoms with Crippen molar-refractivity contribution in [2.45, 2.75) is 42.0 Å². The number of allylic oxidation sites excluding steroid dienone is 1. The zero-order valence-electron chi connectivity index (χ0n) is 16.9. The molecule has 1 N–H and O–H groups in total. The molecule has 8 heteroatoms. The molecule has 0 aromatic heterocycles. The Kier molecular flexibility index (Phi) is 8.18. The van der Waals surface area contributed by atoms with Crippen LogP contribution in [0.5, 0.6) is 5.75 Å². The number of nitrogens with zero attached hydrogens (tertiary/aromatic N) is 1. The van der Waals surface area contributed by atoms with E-state index in [0.717, 1.165) is 53.2 Å². The first-order valence-electron chi connectivity index (χ1n) is 9.70. The van der Waals surface area contributed by atoms with Crippen LogP contribution in [0.2, 0.25) is 0 Å². The summed E-state index contributed by atoms with van der Waals surface area (Å²) in [5.74, 6) is -0.782. The first-order valence-corrected chi connectivity index (χ1v) is 11.7. The lowest BCUT2D eigenvalue weighted by Crippen LogP contribution is -2.34. The monoisotopic (exact) mass is 450 g/mol. The molecule has 0 saturated carbocycles. The van der Waals surface area contributed by atoms with E-state index in [0.29, 0.717) is 5.75 Å². The van der Waals surface area contributed by atoms with Crippen LogP contribution in [-0.2, 0) is 4.79 Å². The van der Waals surface area contributed by atoms with Crippen LogP contribution in [0.4, 0.5) is 20.2 Å². The molecule has 4 nitrogen and oxygen atoms in total. The number of carbonyl (C=O) groups excluding carboxylic acids is 1. The standard InChI is InChI=1S/C22H24F2N2O2S2/c1-3-4-5-17-12-26(18-8-6-15(23)7-9-18)19-10-22(29-2)20(11-21(19)30-25-17)28-14-16(24)13-27/h6-11,13-14,17,25H,3-5,12H2,1-2H3/b16-14-. The highest BCUT2D eigenvalue weighted by Crippen LogP contribution is 2.43. The van der Waals surface area contributed by atoms with Crippen LogP contribution >= 0.6 is 23.7 Å². The van der Waals surface area contributed by atoms with Crippen molar-refractivity contribution in [3.05, 3.63) is 54.3 Å². The third-order valence-electron chi connectivity index (χ3n) is 4.73. The Morgan fingerprint density at radius 2 is 2.13 bits per heavy atom. The fraction of sp³-hybridized carbons (Fsp3) is 0.318. The summed E-state index contributed by atoms with van der Waals surface area (Å²) in [6, 6.07) is 10.5. The summed E-state index contributed by atoms with van der Waals surface area (Å²) in [5.41, 5.74) is 1.87. The van der Waals surface area contributed by atoms with Gasteiger partial charge in [-0.3, -0.25) is 9.52 Å². The summed E-state index contributed by atoms with van der Waals surface area (Å²) >= 11 is 2.97.